The third-order valence-electron chi connectivity index (χ3n) is 2.15. The molecule has 2 heterocycles. The fraction of sp³-hybridized carbons (Fsp3) is 0.333. The Bertz CT molecular complexity index is 333. The van der Waals surface area contributed by atoms with Crippen molar-refractivity contribution >= 4 is 11.6 Å². The maximum absolute atomic E-state index is 11.6. The van der Waals surface area contributed by atoms with Crippen molar-refractivity contribution in [3.8, 4) is 0 Å². The molecule has 4 heteroatoms. The van der Waals surface area contributed by atoms with Crippen LogP contribution in [0.1, 0.15) is 16.8 Å². The van der Waals surface area contributed by atoms with Gasteiger partial charge in [-0.3, -0.25) is 9.78 Å². The Morgan fingerprint density at radius 1 is 1.46 bits per heavy atom. The van der Waals surface area contributed by atoms with E-state index < -0.39 is 0 Å². The summed E-state index contributed by atoms with van der Waals surface area (Å²) in [4.78, 5) is 17.3. The Labute approximate surface area is 76.4 Å². The number of likely N-dealkylation sites (tertiary alicyclic amines) is 1. The van der Waals surface area contributed by atoms with E-state index >= 15 is 0 Å². The minimum absolute atomic E-state index is 0.0334. The molecule has 4 nitrogen and oxygen atoms in total. The molecule has 13 heavy (non-hydrogen) atoms. The number of nitrogens with zero attached hydrogens (tertiary/aromatic N) is 2. The smallest absolute Gasteiger partial charge is 0.255 e. The lowest BCUT2D eigenvalue weighted by atomic mass is 10.1. The predicted octanol–water partition coefficient (Wildman–Crippen LogP) is 0.510. The van der Waals surface area contributed by atoms with Gasteiger partial charge in [-0.2, -0.15) is 0 Å². The second-order valence-electron chi connectivity index (χ2n) is 3.15. The summed E-state index contributed by atoms with van der Waals surface area (Å²) in [5.41, 5.74) is 6.64. The summed E-state index contributed by atoms with van der Waals surface area (Å²) in [5.74, 6) is 0.0334. The number of nitrogens with two attached hydrogens (primary N) is 1. The van der Waals surface area contributed by atoms with Crippen molar-refractivity contribution in [1.29, 1.82) is 0 Å². The molecule has 0 spiro atoms. The lowest BCUT2D eigenvalue weighted by Gasteiger charge is -2.30. The second-order valence-corrected chi connectivity index (χ2v) is 3.15. The minimum Gasteiger partial charge on any atom is -0.397 e. The van der Waals surface area contributed by atoms with Crippen LogP contribution in [0, 0.1) is 0 Å². The molecule has 0 unspecified atom stereocenters. The van der Waals surface area contributed by atoms with Crippen LogP contribution >= 0.6 is 0 Å². The van der Waals surface area contributed by atoms with Crippen LogP contribution in [0.15, 0.2) is 18.5 Å². The summed E-state index contributed by atoms with van der Waals surface area (Å²) in [6.45, 7) is 1.71. The van der Waals surface area contributed by atoms with Gasteiger partial charge in [0, 0.05) is 25.5 Å². The van der Waals surface area contributed by atoms with Crippen molar-refractivity contribution in [2.45, 2.75) is 6.42 Å². The van der Waals surface area contributed by atoms with E-state index in [1.807, 2.05) is 0 Å². The quantitative estimate of drug-likeness (QED) is 0.680. The summed E-state index contributed by atoms with van der Waals surface area (Å²) >= 11 is 0. The van der Waals surface area contributed by atoms with Crippen molar-refractivity contribution in [3.05, 3.63) is 24.0 Å². The number of hydrogen-bond donors (Lipinski definition) is 1. The van der Waals surface area contributed by atoms with Gasteiger partial charge < -0.3 is 10.6 Å². The first-order valence-electron chi connectivity index (χ1n) is 4.27. The van der Waals surface area contributed by atoms with E-state index in [4.69, 9.17) is 5.73 Å². The first-order valence-corrected chi connectivity index (χ1v) is 4.27. The van der Waals surface area contributed by atoms with E-state index in [-0.39, 0.29) is 5.91 Å². The number of hydrogen-bond acceptors (Lipinski definition) is 3. The SMILES string of the molecule is Nc1cncc(C(=O)N2CCC2)c1. The minimum atomic E-state index is 0.0334. The maximum Gasteiger partial charge on any atom is 0.255 e. The summed E-state index contributed by atoms with van der Waals surface area (Å²) in [6.07, 6.45) is 4.19. The number of carbonyl (C=O) groups is 1. The number of nitrogen functional groups attached to an aromatic ring is 1. The summed E-state index contributed by atoms with van der Waals surface area (Å²) in [7, 11) is 0. The van der Waals surface area contributed by atoms with Crippen LogP contribution in [-0.2, 0) is 0 Å². The normalized spacial score (nSPS) is 15.2. The van der Waals surface area contributed by atoms with E-state index in [9.17, 15) is 4.79 Å². The Morgan fingerprint density at radius 2 is 2.23 bits per heavy atom. The molecule has 1 aromatic rings. The number of anilines is 1. The van der Waals surface area contributed by atoms with Crippen LogP contribution in [-0.4, -0.2) is 28.9 Å². The molecule has 0 aromatic carbocycles. The predicted molar refractivity (Wildman–Crippen MR) is 49.2 cm³/mol. The summed E-state index contributed by atoms with van der Waals surface area (Å²) in [5, 5.41) is 0. The average molecular weight is 177 g/mol. The molecule has 0 bridgehead atoms. The van der Waals surface area contributed by atoms with Gasteiger partial charge in [-0.05, 0) is 12.5 Å². The highest BCUT2D eigenvalue weighted by molar-refractivity contribution is 5.95. The molecular weight excluding hydrogens is 166 g/mol. The van der Waals surface area contributed by atoms with Crippen LogP contribution < -0.4 is 5.73 Å². The van der Waals surface area contributed by atoms with E-state index in [2.05, 4.69) is 4.98 Å². The molecule has 2 rings (SSSR count). The van der Waals surface area contributed by atoms with Crippen molar-refractivity contribution < 1.29 is 4.79 Å². The van der Waals surface area contributed by atoms with Crippen LogP contribution in [0.4, 0.5) is 5.69 Å². The molecule has 68 valence electrons. The Balaban J connectivity index is 2.19. The maximum atomic E-state index is 11.6. The standard InChI is InChI=1S/C9H11N3O/c10-8-4-7(5-11-6-8)9(13)12-2-1-3-12/h4-6H,1-3,10H2. The molecule has 0 aliphatic carbocycles. The molecule has 1 aliphatic heterocycles. The zero-order valence-electron chi connectivity index (χ0n) is 7.23. The highest BCUT2D eigenvalue weighted by Crippen LogP contribution is 2.13. The molecule has 0 saturated carbocycles. The molecule has 1 amide bonds. The summed E-state index contributed by atoms with van der Waals surface area (Å²) < 4.78 is 0. The molecule has 1 aromatic heterocycles. The van der Waals surface area contributed by atoms with Gasteiger partial charge in [0.25, 0.3) is 5.91 Å². The third kappa shape index (κ3) is 1.47. The molecule has 1 fully saturated rings. The first-order chi connectivity index (χ1) is 6.27. The van der Waals surface area contributed by atoms with Crippen LogP contribution in [0.25, 0.3) is 0 Å². The van der Waals surface area contributed by atoms with Gasteiger partial charge in [0.05, 0.1) is 11.3 Å². The highest BCUT2D eigenvalue weighted by atomic mass is 16.2. The monoisotopic (exact) mass is 177 g/mol. The van der Waals surface area contributed by atoms with E-state index in [0.29, 0.717) is 11.3 Å². The van der Waals surface area contributed by atoms with Crippen molar-refractivity contribution in [2.75, 3.05) is 18.8 Å². The molecule has 2 N–H and O–H groups in total. The van der Waals surface area contributed by atoms with Gasteiger partial charge in [0.15, 0.2) is 0 Å². The highest BCUT2D eigenvalue weighted by Gasteiger charge is 2.21. The van der Waals surface area contributed by atoms with E-state index in [1.54, 1.807) is 17.2 Å². The number of pyridine rings is 1. The van der Waals surface area contributed by atoms with Gasteiger partial charge in [-0.15, -0.1) is 0 Å². The fourth-order valence-corrected chi connectivity index (χ4v) is 1.28. The Kier molecular flexibility index (Phi) is 1.88. The third-order valence-corrected chi connectivity index (χ3v) is 2.15. The Hall–Kier alpha value is -1.58. The number of amides is 1. The van der Waals surface area contributed by atoms with Gasteiger partial charge in [0.1, 0.15) is 0 Å². The number of carbonyl (C=O) groups excluding carboxylic acids is 1. The van der Waals surface area contributed by atoms with Gasteiger partial charge in [-0.25, -0.2) is 0 Å². The van der Waals surface area contributed by atoms with Crippen molar-refractivity contribution in [1.82, 2.24) is 9.88 Å². The molecule has 0 radical (unpaired) electrons. The zero-order valence-corrected chi connectivity index (χ0v) is 7.23. The lowest BCUT2D eigenvalue weighted by Crippen LogP contribution is -2.42. The van der Waals surface area contributed by atoms with Gasteiger partial charge >= 0.3 is 0 Å². The number of aromatic nitrogens is 1. The first kappa shape index (κ1) is 8.04. The fourth-order valence-electron chi connectivity index (χ4n) is 1.28. The lowest BCUT2D eigenvalue weighted by molar-refractivity contribution is 0.0651. The van der Waals surface area contributed by atoms with Crippen LogP contribution in [0.2, 0.25) is 0 Å². The second kappa shape index (κ2) is 3.05. The van der Waals surface area contributed by atoms with E-state index in [1.165, 1.54) is 6.20 Å². The van der Waals surface area contributed by atoms with Gasteiger partial charge in [0.2, 0.25) is 0 Å². The van der Waals surface area contributed by atoms with Gasteiger partial charge in [-0.1, -0.05) is 0 Å². The topological polar surface area (TPSA) is 59.2 Å². The van der Waals surface area contributed by atoms with Crippen LogP contribution in [0.5, 0.6) is 0 Å². The largest absolute Gasteiger partial charge is 0.397 e. The zero-order chi connectivity index (χ0) is 9.26. The Morgan fingerprint density at radius 3 is 2.77 bits per heavy atom. The van der Waals surface area contributed by atoms with Crippen molar-refractivity contribution in [2.24, 2.45) is 0 Å². The van der Waals surface area contributed by atoms with E-state index in [0.717, 1.165) is 19.5 Å². The molecule has 1 aliphatic rings. The van der Waals surface area contributed by atoms with Crippen molar-refractivity contribution in [3.63, 3.8) is 0 Å². The summed E-state index contributed by atoms with van der Waals surface area (Å²) in [6, 6.07) is 1.66. The number of rotatable bonds is 1. The average Bonchev–Trinajstić information content (AvgIpc) is 2.01. The molecular formula is C9H11N3O. The van der Waals surface area contributed by atoms with Crippen LogP contribution in [0.3, 0.4) is 0 Å². The molecule has 1 saturated heterocycles. The molecule has 0 atom stereocenters.